The maximum atomic E-state index is 12.1. The van der Waals surface area contributed by atoms with Crippen LogP contribution in [0.1, 0.15) is 11.3 Å². The van der Waals surface area contributed by atoms with Crippen LogP contribution in [0.3, 0.4) is 0 Å². The Bertz CT molecular complexity index is 700. The lowest BCUT2D eigenvalue weighted by molar-refractivity contribution is 0.0492. The molecule has 3 rings (SSSR count). The predicted octanol–water partition coefficient (Wildman–Crippen LogP) is 1.07. The predicted molar refractivity (Wildman–Crippen MR) is 82.9 cm³/mol. The van der Waals surface area contributed by atoms with Crippen molar-refractivity contribution < 1.29 is 4.74 Å². The van der Waals surface area contributed by atoms with Gasteiger partial charge in [-0.05, 0) is 11.6 Å². The van der Waals surface area contributed by atoms with Crippen LogP contribution in [0.5, 0.6) is 0 Å². The molecule has 0 aliphatic carbocycles. The van der Waals surface area contributed by atoms with E-state index in [2.05, 4.69) is 20.6 Å². The Hall–Kier alpha value is -1.96. The number of nitrogens with one attached hydrogen (secondary N) is 2. The molecule has 0 atom stereocenters. The van der Waals surface area contributed by atoms with E-state index in [0.29, 0.717) is 36.3 Å². The maximum absolute atomic E-state index is 12.1. The van der Waals surface area contributed by atoms with Crippen molar-refractivity contribution in [2.24, 2.45) is 0 Å². The third kappa shape index (κ3) is 3.62. The number of benzene rings is 1. The lowest BCUT2D eigenvalue weighted by Gasteiger charge is -2.26. The van der Waals surface area contributed by atoms with Gasteiger partial charge in [-0.3, -0.25) is 15.2 Å². The number of hydrogen-bond acceptors (Lipinski definition) is 6. The van der Waals surface area contributed by atoms with Crippen LogP contribution in [0.4, 0.5) is 5.95 Å². The Kier molecular flexibility index (Phi) is 4.67. The monoisotopic (exact) mass is 321 g/mol. The molecule has 1 aromatic carbocycles. The fraction of sp³-hybridized carbons (Fsp3) is 0.357. The Labute approximate surface area is 132 Å². The minimum Gasteiger partial charge on any atom is -0.379 e. The van der Waals surface area contributed by atoms with E-state index in [-0.39, 0.29) is 5.56 Å². The molecular weight excluding hydrogens is 306 g/mol. The highest BCUT2D eigenvalue weighted by molar-refractivity contribution is 6.31. The van der Waals surface area contributed by atoms with Crippen molar-refractivity contribution in [1.82, 2.24) is 20.2 Å². The molecule has 8 heteroatoms. The number of rotatable bonds is 4. The summed E-state index contributed by atoms with van der Waals surface area (Å²) < 4.78 is 5.26. The first-order valence-corrected chi connectivity index (χ1v) is 7.39. The zero-order valence-electron chi connectivity index (χ0n) is 11.9. The number of nitrogens with zero attached hydrogens (tertiary/aromatic N) is 3. The molecule has 1 fully saturated rings. The fourth-order valence-corrected chi connectivity index (χ4v) is 2.38. The van der Waals surface area contributed by atoms with E-state index in [0.717, 1.165) is 18.7 Å². The van der Waals surface area contributed by atoms with Gasteiger partial charge >= 0.3 is 0 Å². The third-order valence-corrected chi connectivity index (χ3v) is 3.72. The Morgan fingerprint density at radius 3 is 2.77 bits per heavy atom. The zero-order chi connectivity index (χ0) is 15.4. The van der Waals surface area contributed by atoms with Crippen LogP contribution in [-0.4, -0.2) is 46.5 Å². The number of halogens is 1. The van der Waals surface area contributed by atoms with Crippen molar-refractivity contribution in [3.05, 3.63) is 50.9 Å². The van der Waals surface area contributed by atoms with Crippen molar-refractivity contribution >= 4 is 17.5 Å². The second kappa shape index (κ2) is 6.87. The Balaban J connectivity index is 1.72. The number of aromatic nitrogens is 3. The molecule has 0 radical (unpaired) electrons. The number of ether oxygens (including phenoxy) is 1. The highest BCUT2D eigenvalue weighted by atomic mass is 35.5. The van der Waals surface area contributed by atoms with E-state index < -0.39 is 0 Å². The summed E-state index contributed by atoms with van der Waals surface area (Å²) in [6, 6.07) is 7.37. The summed E-state index contributed by atoms with van der Waals surface area (Å²) in [6.07, 6.45) is 0.347. The summed E-state index contributed by atoms with van der Waals surface area (Å²) in [4.78, 5) is 14.8. The molecule has 1 saturated heterocycles. The van der Waals surface area contributed by atoms with Gasteiger partial charge in [-0.15, -0.1) is 10.2 Å². The molecule has 2 N–H and O–H groups in total. The number of anilines is 1. The minimum atomic E-state index is -0.273. The summed E-state index contributed by atoms with van der Waals surface area (Å²) in [5.74, 6) is 0.329. The highest BCUT2D eigenvalue weighted by Gasteiger charge is 2.13. The van der Waals surface area contributed by atoms with Gasteiger partial charge in [0.25, 0.3) is 5.56 Å². The van der Waals surface area contributed by atoms with Crippen LogP contribution in [0.2, 0.25) is 5.02 Å². The van der Waals surface area contributed by atoms with Crippen molar-refractivity contribution in [1.29, 1.82) is 0 Å². The lowest BCUT2D eigenvalue weighted by Crippen LogP contribution is -2.41. The SMILES string of the molecule is O=c1[nH]c(NN2CCOCC2)nnc1Cc1ccccc1Cl. The van der Waals surface area contributed by atoms with Gasteiger partial charge in [0.1, 0.15) is 5.69 Å². The topological polar surface area (TPSA) is 83.1 Å². The van der Waals surface area contributed by atoms with Gasteiger partial charge < -0.3 is 4.74 Å². The Morgan fingerprint density at radius 2 is 2.05 bits per heavy atom. The second-order valence-electron chi connectivity index (χ2n) is 4.93. The van der Waals surface area contributed by atoms with Gasteiger partial charge in [0, 0.05) is 24.5 Å². The quantitative estimate of drug-likeness (QED) is 0.876. The summed E-state index contributed by atoms with van der Waals surface area (Å²) in [5.41, 5.74) is 3.93. The van der Waals surface area contributed by atoms with Crippen molar-refractivity contribution in [3.63, 3.8) is 0 Å². The Morgan fingerprint density at radius 1 is 1.27 bits per heavy atom. The number of morpholine rings is 1. The van der Waals surface area contributed by atoms with Crippen molar-refractivity contribution in [2.45, 2.75) is 6.42 Å². The van der Waals surface area contributed by atoms with E-state index in [4.69, 9.17) is 16.3 Å². The van der Waals surface area contributed by atoms with E-state index in [1.54, 1.807) is 6.07 Å². The molecule has 22 heavy (non-hydrogen) atoms. The summed E-state index contributed by atoms with van der Waals surface area (Å²) in [6.45, 7) is 2.75. The first-order chi connectivity index (χ1) is 10.7. The lowest BCUT2D eigenvalue weighted by atomic mass is 10.1. The van der Waals surface area contributed by atoms with Crippen molar-refractivity contribution in [2.75, 3.05) is 31.7 Å². The van der Waals surface area contributed by atoms with E-state index >= 15 is 0 Å². The standard InChI is InChI=1S/C14H16ClN5O2/c15-11-4-2-1-3-10(11)9-12-13(21)16-14(18-17-12)19-20-5-7-22-8-6-20/h1-4H,5-9H2,(H2,16,18,19,21). The van der Waals surface area contributed by atoms with Gasteiger partial charge in [-0.1, -0.05) is 29.8 Å². The van der Waals surface area contributed by atoms with Crippen LogP contribution >= 0.6 is 11.6 Å². The molecule has 0 saturated carbocycles. The average molecular weight is 322 g/mol. The molecule has 2 aromatic rings. The molecule has 116 valence electrons. The normalized spacial score (nSPS) is 15.7. The van der Waals surface area contributed by atoms with E-state index in [1.807, 2.05) is 23.2 Å². The van der Waals surface area contributed by atoms with E-state index in [1.165, 1.54) is 0 Å². The first-order valence-electron chi connectivity index (χ1n) is 7.01. The average Bonchev–Trinajstić information content (AvgIpc) is 2.53. The largest absolute Gasteiger partial charge is 0.379 e. The van der Waals surface area contributed by atoms with Gasteiger partial charge in [-0.2, -0.15) is 0 Å². The van der Waals surface area contributed by atoms with Gasteiger partial charge in [0.05, 0.1) is 13.2 Å². The highest BCUT2D eigenvalue weighted by Crippen LogP contribution is 2.16. The number of hydrogen-bond donors (Lipinski definition) is 2. The molecule has 0 amide bonds. The zero-order valence-corrected chi connectivity index (χ0v) is 12.6. The molecular formula is C14H16ClN5O2. The third-order valence-electron chi connectivity index (χ3n) is 3.36. The van der Waals surface area contributed by atoms with Crippen LogP contribution < -0.4 is 11.0 Å². The number of H-pyrrole nitrogens is 1. The molecule has 7 nitrogen and oxygen atoms in total. The second-order valence-corrected chi connectivity index (χ2v) is 5.34. The molecule has 1 aliphatic heterocycles. The van der Waals surface area contributed by atoms with Crippen LogP contribution in [0.25, 0.3) is 0 Å². The van der Waals surface area contributed by atoms with Crippen LogP contribution in [0, 0.1) is 0 Å². The fourth-order valence-electron chi connectivity index (χ4n) is 2.17. The summed E-state index contributed by atoms with van der Waals surface area (Å²) in [7, 11) is 0. The molecule has 1 aromatic heterocycles. The molecule has 0 spiro atoms. The molecule has 1 aliphatic rings. The van der Waals surface area contributed by atoms with Gasteiger partial charge in [0.2, 0.25) is 5.95 Å². The van der Waals surface area contributed by atoms with Crippen LogP contribution in [0.15, 0.2) is 29.1 Å². The van der Waals surface area contributed by atoms with Crippen LogP contribution in [-0.2, 0) is 11.2 Å². The maximum Gasteiger partial charge on any atom is 0.274 e. The minimum absolute atomic E-state index is 0.273. The van der Waals surface area contributed by atoms with Gasteiger partial charge in [0.15, 0.2) is 0 Å². The van der Waals surface area contributed by atoms with Crippen molar-refractivity contribution in [3.8, 4) is 0 Å². The summed E-state index contributed by atoms with van der Waals surface area (Å²) in [5, 5.41) is 10.6. The first kappa shape index (κ1) is 15.0. The number of hydrazine groups is 1. The molecule has 0 bridgehead atoms. The number of aromatic amines is 1. The van der Waals surface area contributed by atoms with Gasteiger partial charge in [-0.25, -0.2) is 5.01 Å². The summed E-state index contributed by atoms with van der Waals surface area (Å²) >= 11 is 6.10. The van der Waals surface area contributed by atoms with E-state index in [9.17, 15) is 4.79 Å². The molecule has 2 heterocycles. The molecule has 0 unspecified atom stereocenters. The smallest absolute Gasteiger partial charge is 0.274 e.